The van der Waals surface area contributed by atoms with Gasteiger partial charge in [0.05, 0.1) is 29.7 Å². The number of halogens is 4. The van der Waals surface area contributed by atoms with Gasteiger partial charge < -0.3 is 30.5 Å². The van der Waals surface area contributed by atoms with Gasteiger partial charge in [0.25, 0.3) is 5.92 Å². The third kappa shape index (κ3) is 7.16. The Balaban J connectivity index is 1.25. The number of allylic oxidation sites excluding steroid dienone is 1. The van der Waals surface area contributed by atoms with E-state index in [0.717, 1.165) is 23.9 Å². The zero-order valence-corrected chi connectivity index (χ0v) is 23.0. The molecule has 0 radical (unpaired) electrons. The van der Waals surface area contributed by atoms with E-state index in [0.29, 0.717) is 37.3 Å². The molecule has 0 aromatic heterocycles. The minimum Gasteiger partial charge on any atom is -0.506 e. The molecule has 14 heteroatoms. The first-order valence-electron chi connectivity index (χ1n) is 13.3. The minimum absolute atomic E-state index is 0.0533. The van der Waals surface area contributed by atoms with Crippen molar-refractivity contribution in [1.82, 2.24) is 9.21 Å². The largest absolute Gasteiger partial charge is 0.506 e. The molecule has 41 heavy (non-hydrogen) atoms. The van der Waals surface area contributed by atoms with Gasteiger partial charge in [0.2, 0.25) is 10.0 Å². The molecule has 9 nitrogen and oxygen atoms in total. The summed E-state index contributed by atoms with van der Waals surface area (Å²) < 4.78 is 93.6. The molecule has 4 N–H and O–H groups in total. The predicted molar refractivity (Wildman–Crippen MR) is 143 cm³/mol. The topological polar surface area (TPSA) is 117 Å². The van der Waals surface area contributed by atoms with Crippen LogP contribution in [0.5, 0.6) is 5.75 Å². The van der Waals surface area contributed by atoms with Crippen molar-refractivity contribution in [2.75, 3.05) is 50.4 Å². The van der Waals surface area contributed by atoms with Gasteiger partial charge >= 0.3 is 0 Å². The first-order chi connectivity index (χ1) is 19.4. The lowest BCUT2D eigenvalue weighted by molar-refractivity contribution is 0.0391. The first-order valence-corrected chi connectivity index (χ1v) is 14.9. The molecule has 1 aliphatic carbocycles. The highest BCUT2D eigenvalue weighted by Gasteiger charge is 2.57. The zero-order chi connectivity index (χ0) is 29.4. The Bertz CT molecular complexity index is 1400. The van der Waals surface area contributed by atoms with Crippen LogP contribution < -0.4 is 11.1 Å². The molecule has 2 aromatic rings. The smallest absolute Gasteiger partial charge is 0.255 e. The van der Waals surface area contributed by atoms with E-state index in [2.05, 4.69) is 5.32 Å². The summed E-state index contributed by atoms with van der Waals surface area (Å²) in [6.45, 7) is 0.813. The highest BCUT2D eigenvalue weighted by Crippen LogP contribution is 2.49. The van der Waals surface area contributed by atoms with Gasteiger partial charge in [-0.1, -0.05) is 6.07 Å². The molecule has 0 bridgehead atoms. The number of sulfonamides is 1. The fraction of sp³-hybridized carbons (Fsp3) is 0.481. The van der Waals surface area contributed by atoms with Gasteiger partial charge in [0.1, 0.15) is 36.0 Å². The SMILES string of the molecule is Nc1ccc(CS(=O)(=O)N2CCN(C3=C(OCC4CC4(F)F)COC(Nc4cc(F)cc(F)c4)CC3)CC2)cc1O. The Morgan fingerprint density at radius 3 is 2.41 bits per heavy atom. The van der Waals surface area contributed by atoms with Gasteiger partial charge in [-0.05, 0) is 42.7 Å². The summed E-state index contributed by atoms with van der Waals surface area (Å²) >= 11 is 0. The number of ether oxygens (including phenoxy) is 2. The number of rotatable bonds is 9. The average Bonchev–Trinajstić information content (AvgIpc) is 3.57. The number of phenolic OH excluding ortho intramolecular Hbond substituents is 1. The second-order valence-electron chi connectivity index (χ2n) is 10.5. The number of anilines is 2. The Kier molecular flexibility index (Phi) is 8.26. The van der Waals surface area contributed by atoms with Gasteiger partial charge in [0.15, 0.2) is 0 Å². The van der Waals surface area contributed by atoms with Gasteiger partial charge in [0, 0.05) is 44.4 Å². The molecule has 2 heterocycles. The molecule has 0 amide bonds. The van der Waals surface area contributed by atoms with Crippen molar-refractivity contribution in [3.05, 3.63) is 65.1 Å². The van der Waals surface area contributed by atoms with Crippen LogP contribution in [0.1, 0.15) is 24.8 Å². The highest BCUT2D eigenvalue weighted by atomic mass is 32.2. The second kappa shape index (κ2) is 11.6. The zero-order valence-electron chi connectivity index (χ0n) is 22.2. The summed E-state index contributed by atoms with van der Waals surface area (Å²) in [7, 11) is -3.69. The standard InChI is InChI=1S/C27H32F4N4O5S/c28-19-10-20(29)12-21(11-19)33-26-4-3-23(25(15-40-26)39-14-18-13-27(18,30)31)34-5-7-35(8-6-34)41(37,38)16-17-1-2-22(32)24(36)9-17/h1-2,9-12,18,26,33,36H,3-8,13-16,32H2. The summed E-state index contributed by atoms with van der Waals surface area (Å²) in [6.07, 6.45) is -0.0797. The van der Waals surface area contributed by atoms with E-state index in [-0.39, 0.29) is 55.6 Å². The summed E-state index contributed by atoms with van der Waals surface area (Å²) in [5.74, 6) is -5.20. The quantitative estimate of drug-likeness (QED) is 0.226. The van der Waals surface area contributed by atoms with E-state index >= 15 is 0 Å². The molecule has 2 aromatic carbocycles. The first kappa shape index (κ1) is 29.3. The van der Waals surface area contributed by atoms with Crippen LogP contribution in [0.15, 0.2) is 47.9 Å². The Morgan fingerprint density at radius 2 is 1.78 bits per heavy atom. The highest BCUT2D eigenvalue weighted by molar-refractivity contribution is 7.88. The molecule has 3 aliphatic rings. The maximum Gasteiger partial charge on any atom is 0.255 e. The molecular weight excluding hydrogens is 568 g/mol. The van der Waals surface area contributed by atoms with Gasteiger partial charge in [-0.3, -0.25) is 0 Å². The van der Waals surface area contributed by atoms with Gasteiger partial charge in [-0.15, -0.1) is 0 Å². The molecule has 1 saturated carbocycles. The summed E-state index contributed by atoms with van der Waals surface area (Å²) in [5, 5.41) is 12.8. The molecule has 0 spiro atoms. The van der Waals surface area contributed by atoms with Gasteiger partial charge in [-0.2, -0.15) is 4.31 Å². The van der Waals surface area contributed by atoms with E-state index in [9.17, 15) is 31.1 Å². The summed E-state index contributed by atoms with van der Waals surface area (Å²) in [4.78, 5) is 1.97. The van der Waals surface area contributed by atoms with Crippen LogP contribution in [0.4, 0.5) is 28.9 Å². The van der Waals surface area contributed by atoms with Crippen molar-refractivity contribution in [3.63, 3.8) is 0 Å². The lowest BCUT2D eigenvalue weighted by Gasteiger charge is -2.37. The maximum absolute atomic E-state index is 13.7. The molecule has 5 rings (SSSR count). The molecule has 2 unspecified atom stereocenters. The van der Waals surface area contributed by atoms with Crippen LogP contribution in [0.25, 0.3) is 0 Å². The van der Waals surface area contributed by atoms with E-state index in [1.165, 1.54) is 16.4 Å². The molecule has 2 aliphatic heterocycles. The van der Waals surface area contributed by atoms with Crippen LogP contribution in [0.2, 0.25) is 0 Å². The Hall–Kier alpha value is -3.23. The number of phenols is 1. The van der Waals surface area contributed by atoms with Crippen molar-refractivity contribution >= 4 is 21.4 Å². The fourth-order valence-corrected chi connectivity index (χ4v) is 6.52. The van der Waals surface area contributed by atoms with Crippen LogP contribution in [0.3, 0.4) is 0 Å². The minimum atomic E-state index is -3.69. The van der Waals surface area contributed by atoms with E-state index in [4.69, 9.17) is 15.2 Å². The number of piperazine rings is 1. The number of nitrogens with two attached hydrogens (primary N) is 1. The number of hydrogen-bond donors (Lipinski definition) is 3. The molecular formula is C27H32F4N4O5S. The summed E-state index contributed by atoms with van der Waals surface area (Å²) in [6, 6.07) is 7.37. The predicted octanol–water partition coefficient (Wildman–Crippen LogP) is 3.83. The number of nitrogens with one attached hydrogen (secondary N) is 1. The van der Waals surface area contributed by atoms with E-state index < -0.39 is 39.7 Å². The lowest BCUT2D eigenvalue weighted by atomic mass is 10.1. The molecule has 1 saturated heterocycles. The van der Waals surface area contributed by atoms with Crippen LogP contribution in [0, 0.1) is 17.6 Å². The number of alkyl halides is 2. The number of nitrogen functional groups attached to an aromatic ring is 1. The third-order valence-electron chi connectivity index (χ3n) is 7.44. The Labute approximate surface area is 235 Å². The van der Waals surface area contributed by atoms with E-state index in [1.54, 1.807) is 6.07 Å². The molecule has 2 fully saturated rings. The van der Waals surface area contributed by atoms with Crippen LogP contribution >= 0.6 is 0 Å². The normalized spacial score (nSPS) is 23.3. The average molecular weight is 601 g/mol. The third-order valence-corrected chi connectivity index (χ3v) is 9.29. The number of aromatic hydroxyl groups is 1. The second-order valence-corrected chi connectivity index (χ2v) is 12.5. The Morgan fingerprint density at radius 1 is 1.10 bits per heavy atom. The number of nitrogens with zero attached hydrogens (tertiary/aromatic N) is 2. The summed E-state index contributed by atoms with van der Waals surface area (Å²) in [5.41, 5.74) is 7.10. The number of hydrogen-bond acceptors (Lipinski definition) is 8. The van der Waals surface area contributed by atoms with Crippen LogP contribution in [-0.4, -0.2) is 74.3 Å². The van der Waals surface area contributed by atoms with Crippen molar-refractivity contribution < 1.29 is 40.6 Å². The fourth-order valence-electron chi connectivity index (χ4n) is 5.02. The number of benzene rings is 2. The van der Waals surface area contributed by atoms with Crippen molar-refractivity contribution in [2.24, 2.45) is 5.92 Å². The van der Waals surface area contributed by atoms with Crippen molar-refractivity contribution in [3.8, 4) is 5.75 Å². The molecule has 2 atom stereocenters. The van der Waals surface area contributed by atoms with Gasteiger partial charge in [-0.25, -0.2) is 26.0 Å². The van der Waals surface area contributed by atoms with E-state index in [1.807, 2.05) is 4.90 Å². The monoisotopic (exact) mass is 600 g/mol. The molecule has 224 valence electrons. The van der Waals surface area contributed by atoms with Crippen LogP contribution in [-0.2, 0) is 25.2 Å². The maximum atomic E-state index is 13.7. The lowest BCUT2D eigenvalue weighted by Crippen LogP contribution is -2.48. The van der Waals surface area contributed by atoms with Crippen molar-refractivity contribution in [1.29, 1.82) is 0 Å². The van der Waals surface area contributed by atoms with Crippen molar-refractivity contribution in [2.45, 2.75) is 37.2 Å².